The van der Waals surface area contributed by atoms with E-state index in [0.29, 0.717) is 19.4 Å². The highest BCUT2D eigenvalue weighted by Crippen LogP contribution is 2.59. The summed E-state index contributed by atoms with van der Waals surface area (Å²) >= 11 is 5.72. The predicted octanol–water partition coefficient (Wildman–Crippen LogP) is 3.20. The Bertz CT molecular complexity index is 630. The van der Waals surface area contributed by atoms with Crippen molar-refractivity contribution in [3.63, 3.8) is 0 Å². The Kier molecular flexibility index (Phi) is 5.87. The summed E-state index contributed by atoms with van der Waals surface area (Å²) in [6.45, 7) is 6.94. The monoisotopic (exact) mass is 401 g/mol. The standard InChI is InChI=1S/C19H28ClNO6/c1-12(2)5-6-15-18(3,26-15)14-9-13(7-8-19(14)11-25-19)21(16(22)10-20)17(23)27-24-4/h5,13-15H,6-11H2,1-4H3. The van der Waals surface area contributed by atoms with E-state index in [2.05, 4.69) is 36.6 Å². The van der Waals surface area contributed by atoms with Crippen molar-refractivity contribution in [2.24, 2.45) is 5.92 Å². The lowest BCUT2D eigenvalue weighted by molar-refractivity contribution is -0.223. The van der Waals surface area contributed by atoms with Gasteiger partial charge in [0, 0.05) is 12.0 Å². The molecule has 2 heterocycles. The Morgan fingerprint density at radius 3 is 2.63 bits per heavy atom. The quantitative estimate of drug-likeness (QED) is 0.223. The van der Waals surface area contributed by atoms with Gasteiger partial charge in [0.05, 0.1) is 31.0 Å². The molecule has 2 saturated heterocycles. The third kappa shape index (κ3) is 4.01. The van der Waals surface area contributed by atoms with Crippen molar-refractivity contribution in [1.82, 2.24) is 4.90 Å². The van der Waals surface area contributed by atoms with Gasteiger partial charge in [-0.05, 0) is 46.5 Å². The maximum Gasteiger partial charge on any atom is 0.448 e. The molecule has 0 aromatic carbocycles. The summed E-state index contributed by atoms with van der Waals surface area (Å²) in [6.07, 6.45) is 4.34. The molecule has 1 spiro atoms. The average Bonchev–Trinajstić information content (AvgIpc) is 3.53. The maximum atomic E-state index is 12.3. The van der Waals surface area contributed by atoms with E-state index in [0.717, 1.165) is 17.7 Å². The molecule has 3 rings (SSSR count). The van der Waals surface area contributed by atoms with Gasteiger partial charge in [0.2, 0.25) is 5.91 Å². The molecule has 2 amide bonds. The molecule has 0 aromatic heterocycles. The van der Waals surface area contributed by atoms with Crippen molar-refractivity contribution in [3.8, 4) is 0 Å². The molecule has 8 heteroatoms. The second kappa shape index (κ2) is 7.70. The highest BCUT2D eigenvalue weighted by atomic mass is 35.5. The van der Waals surface area contributed by atoms with Crippen molar-refractivity contribution < 1.29 is 28.8 Å². The number of epoxide rings is 2. The van der Waals surface area contributed by atoms with Gasteiger partial charge in [-0.15, -0.1) is 11.6 Å². The zero-order valence-corrected chi connectivity index (χ0v) is 17.1. The van der Waals surface area contributed by atoms with Crippen molar-refractivity contribution in [3.05, 3.63) is 11.6 Å². The molecule has 0 radical (unpaired) electrons. The van der Waals surface area contributed by atoms with E-state index < -0.39 is 12.0 Å². The Labute approximate surface area is 164 Å². The number of rotatable bonds is 6. The number of amides is 2. The van der Waals surface area contributed by atoms with Gasteiger partial charge in [0.1, 0.15) is 5.88 Å². The van der Waals surface area contributed by atoms with E-state index in [4.69, 9.17) is 21.1 Å². The van der Waals surface area contributed by atoms with Gasteiger partial charge in [-0.2, -0.15) is 4.89 Å². The fourth-order valence-electron chi connectivity index (χ4n) is 4.45. The fourth-order valence-corrected chi connectivity index (χ4v) is 4.58. The summed E-state index contributed by atoms with van der Waals surface area (Å²) in [7, 11) is 1.23. The summed E-state index contributed by atoms with van der Waals surface area (Å²) in [4.78, 5) is 34.7. The largest absolute Gasteiger partial charge is 0.448 e. The Balaban J connectivity index is 1.76. The molecule has 1 aliphatic carbocycles. The van der Waals surface area contributed by atoms with Crippen molar-refractivity contribution in [2.45, 2.75) is 69.8 Å². The van der Waals surface area contributed by atoms with Crippen LogP contribution >= 0.6 is 11.6 Å². The second-order valence-corrected chi connectivity index (χ2v) is 8.32. The number of carbonyl (C=O) groups excluding carboxylic acids is 2. The normalized spacial score (nSPS) is 36.9. The van der Waals surface area contributed by atoms with E-state index in [1.54, 1.807) is 0 Å². The summed E-state index contributed by atoms with van der Waals surface area (Å²) in [6, 6.07) is -0.316. The van der Waals surface area contributed by atoms with Gasteiger partial charge in [-0.1, -0.05) is 11.6 Å². The van der Waals surface area contributed by atoms with E-state index in [-0.39, 0.29) is 35.1 Å². The molecule has 0 aromatic rings. The van der Waals surface area contributed by atoms with Crippen LogP contribution in [-0.2, 0) is 24.0 Å². The molecule has 0 N–H and O–H groups in total. The summed E-state index contributed by atoms with van der Waals surface area (Å²) in [5.41, 5.74) is 0.737. The average molecular weight is 402 g/mol. The minimum atomic E-state index is -0.831. The molecule has 3 aliphatic rings. The number of ether oxygens (including phenoxy) is 2. The minimum absolute atomic E-state index is 0.0975. The van der Waals surface area contributed by atoms with Crippen LogP contribution in [-0.4, -0.2) is 59.8 Å². The zero-order chi connectivity index (χ0) is 19.8. The van der Waals surface area contributed by atoms with Gasteiger partial charge < -0.3 is 9.47 Å². The van der Waals surface area contributed by atoms with Gasteiger partial charge in [-0.3, -0.25) is 9.68 Å². The van der Waals surface area contributed by atoms with Gasteiger partial charge in [0.15, 0.2) is 0 Å². The van der Waals surface area contributed by atoms with Crippen LogP contribution in [0.2, 0.25) is 0 Å². The second-order valence-electron chi connectivity index (χ2n) is 8.06. The van der Waals surface area contributed by atoms with Crippen LogP contribution in [0.25, 0.3) is 0 Å². The van der Waals surface area contributed by atoms with Crippen LogP contribution in [0.1, 0.15) is 46.5 Å². The van der Waals surface area contributed by atoms with Crippen LogP contribution in [0.5, 0.6) is 0 Å². The molecule has 7 nitrogen and oxygen atoms in total. The van der Waals surface area contributed by atoms with Gasteiger partial charge in [-0.25, -0.2) is 9.69 Å². The van der Waals surface area contributed by atoms with Crippen LogP contribution in [0.3, 0.4) is 0 Å². The molecule has 27 heavy (non-hydrogen) atoms. The van der Waals surface area contributed by atoms with Crippen LogP contribution in [0.4, 0.5) is 4.79 Å². The van der Waals surface area contributed by atoms with E-state index >= 15 is 0 Å². The first-order valence-electron chi connectivity index (χ1n) is 9.35. The predicted molar refractivity (Wildman–Crippen MR) is 98.2 cm³/mol. The minimum Gasteiger partial charge on any atom is -0.369 e. The lowest BCUT2D eigenvalue weighted by Gasteiger charge is -2.40. The third-order valence-corrected chi connectivity index (χ3v) is 6.30. The molecule has 5 atom stereocenters. The van der Waals surface area contributed by atoms with E-state index in [9.17, 15) is 9.59 Å². The van der Waals surface area contributed by atoms with E-state index in [1.807, 2.05) is 0 Å². The molecular weight excluding hydrogens is 374 g/mol. The van der Waals surface area contributed by atoms with Gasteiger partial charge in [0.25, 0.3) is 0 Å². The lowest BCUT2D eigenvalue weighted by atomic mass is 9.69. The fraction of sp³-hybridized carbons (Fsp3) is 0.789. The molecule has 0 bridgehead atoms. The zero-order valence-electron chi connectivity index (χ0n) is 16.3. The number of nitrogens with zero attached hydrogens (tertiary/aromatic N) is 1. The highest BCUT2D eigenvalue weighted by molar-refractivity contribution is 6.28. The summed E-state index contributed by atoms with van der Waals surface area (Å²) in [5, 5.41) is 0. The Hall–Kier alpha value is -1.15. The first-order chi connectivity index (χ1) is 12.8. The Morgan fingerprint density at radius 2 is 2.07 bits per heavy atom. The topological polar surface area (TPSA) is 80.9 Å². The maximum absolute atomic E-state index is 12.3. The van der Waals surface area contributed by atoms with Crippen LogP contribution in [0, 0.1) is 5.92 Å². The third-order valence-electron chi connectivity index (χ3n) is 6.07. The molecule has 3 fully saturated rings. The number of allylic oxidation sites excluding steroid dienone is 1. The number of halogens is 1. The van der Waals surface area contributed by atoms with Crippen molar-refractivity contribution in [1.29, 1.82) is 0 Å². The first kappa shape index (κ1) is 20.6. The van der Waals surface area contributed by atoms with E-state index in [1.165, 1.54) is 12.7 Å². The highest BCUT2D eigenvalue weighted by Gasteiger charge is 2.69. The van der Waals surface area contributed by atoms with Crippen molar-refractivity contribution in [2.75, 3.05) is 19.6 Å². The number of alkyl halides is 1. The first-order valence-corrected chi connectivity index (χ1v) is 9.88. The SMILES string of the molecule is COOC(=O)N(C(=O)CCl)C1CCC2(CO2)C(C2(C)OC2CC=C(C)C)C1. The summed E-state index contributed by atoms with van der Waals surface area (Å²) < 4.78 is 11.9. The molecule has 152 valence electrons. The summed E-state index contributed by atoms with van der Waals surface area (Å²) in [5.74, 6) is -0.683. The number of hydrogen-bond donors (Lipinski definition) is 0. The number of hydrogen-bond acceptors (Lipinski definition) is 6. The lowest BCUT2D eigenvalue weighted by Crippen LogP contribution is -2.53. The van der Waals surface area contributed by atoms with Crippen molar-refractivity contribution >= 4 is 23.6 Å². The van der Waals surface area contributed by atoms with Gasteiger partial charge >= 0.3 is 6.09 Å². The van der Waals surface area contributed by atoms with Crippen LogP contribution < -0.4 is 0 Å². The molecule has 5 unspecified atom stereocenters. The molecule has 1 saturated carbocycles. The van der Waals surface area contributed by atoms with Crippen LogP contribution in [0.15, 0.2) is 11.6 Å². The Morgan fingerprint density at radius 1 is 1.37 bits per heavy atom. The number of carbonyl (C=O) groups is 2. The number of imide groups is 1. The molecule has 2 aliphatic heterocycles. The molecular formula is C19H28ClNO6. The smallest absolute Gasteiger partial charge is 0.369 e.